The van der Waals surface area contributed by atoms with Gasteiger partial charge in [0.1, 0.15) is 11.5 Å². The van der Waals surface area contributed by atoms with Crippen molar-refractivity contribution in [2.45, 2.75) is 13.5 Å². The van der Waals surface area contributed by atoms with E-state index in [2.05, 4.69) is 22.1 Å². The molecule has 0 saturated heterocycles. The number of nitrogens with one attached hydrogen (secondary N) is 1. The number of aliphatic hydroxyl groups is 1. The number of aromatic nitrogens is 1. The number of aliphatic hydroxyl groups excluding tert-OH is 1. The van der Waals surface area contributed by atoms with E-state index in [1.165, 1.54) is 22.7 Å². The summed E-state index contributed by atoms with van der Waals surface area (Å²) in [5, 5.41) is 13.3. The van der Waals surface area contributed by atoms with E-state index in [9.17, 15) is 4.79 Å². The zero-order chi connectivity index (χ0) is 13.7. The highest BCUT2D eigenvalue weighted by Gasteiger charge is 2.12. The van der Waals surface area contributed by atoms with Crippen LogP contribution in [-0.2, 0) is 6.54 Å². The minimum absolute atomic E-state index is 0.148. The van der Waals surface area contributed by atoms with Gasteiger partial charge >= 0.3 is 0 Å². The Bertz CT molecular complexity index is 634. The van der Waals surface area contributed by atoms with E-state index in [0.717, 1.165) is 10.6 Å². The molecule has 0 aliphatic carbocycles. The molecule has 0 aliphatic rings. The van der Waals surface area contributed by atoms with E-state index in [-0.39, 0.29) is 12.5 Å². The summed E-state index contributed by atoms with van der Waals surface area (Å²) in [6.45, 7) is 2.18. The largest absolute Gasteiger partial charge is 0.384 e. The minimum Gasteiger partial charge on any atom is -0.384 e. The van der Waals surface area contributed by atoms with Gasteiger partial charge in [-0.2, -0.15) is 0 Å². The van der Waals surface area contributed by atoms with Gasteiger partial charge in [0.2, 0.25) is 0 Å². The first-order chi connectivity index (χ1) is 9.22. The van der Waals surface area contributed by atoms with Crippen molar-refractivity contribution in [3.63, 3.8) is 0 Å². The Morgan fingerprint density at radius 3 is 3.05 bits per heavy atom. The number of aryl methyl sites for hydroxylation is 1. The van der Waals surface area contributed by atoms with E-state index in [1.54, 1.807) is 11.6 Å². The number of nitrogens with zero attached hydrogens (tertiary/aromatic N) is 1. The Balaban J connectivity index is 2.04. The number of thiazole rings is 1. The predicted molar refractivity (Wildman–Crippen MR) is 76.3 cm³/mol. The van der Waals surface area contributed by atoms with Crippen molar-refractivity contribution < 1.29 is 9.90 Å². The molecule has 19 heavy (non-hydrogen) atoms. The molecule has 2 heterocycles. The Kier molecular flexibility index (Phi) is 4.68. The second-order valence-electron chi connectivity index (χ2n) is 3.67. The number of hydrogen-bond donors (Lipinski definition) is 2. The number of thiophene rings is 1. The molecule has 0 unspecified atom stereocenters. The van der Waals surface area contributed by atoms with Gasteiger partial charge in [-0.05, 0) is 18.4 Å². The van der Waals surface area contributed by atoms with Crippen molar-refractivity contribution in [1.29, 1.82) is 0 Å². The van der Waals surface area contributed by atoms with Gasteiger partial charge in [0.15, 0.2) is 0 Å². The topological polar surface area (TPSA) is 62.2 Å². The summed E-state index contributed by atoms with van der Waals surface area (Å²) >= 11 is 2.86. The van der Waals surface area contributed by atoms with Crippen LogP contribution in [0.4, 0.5) is 0 Å². The van der Waals surface area contributed by atoms with E-state index in [1.807, 2.05) is 12.3 Å². The number of carbonyl (C=O) groups is 1. The van der Waals surface area contributed by atoms with E-state index < -0.39 is 0 Å². The van der Waals surface area contributed by atoms with Crippen LogP contribution in [0.3, 0.4) is 0 Å². The quantitative estimate of drug-likeness (QED) is 0.848. The fourth-order valence-electron chi connectivity index (χ4n) is 1.46. The molecule has 2 aromatic heterocycles. The van der Waals surface area contributed by atoms with Crippen LogP contribution in [0.2, 0.25) is 0 Å². The number of hydrogen-bond acceptors (Lipinski definition) is 5. The fraction of sp³-hybridized carbons (Fsp3) is 0.231. The van der Waals surface area contributed by atoms with Gasteiger partial charge < -0.3 is 10.4 Å². The average molecular weight is 292 g/mol. The van der Waals surface area contributed by atoms with Crippen molar-refractivity contribution >= 4 is 28.6 Å². The highest BCUT2D eigenvalue weighted by molar-refractivity contribution is 7.12. The first kappa shape index (κ1) is 13.7. The number of amides is 1. The lowest BCUT2D eigenvalue weighted by Gasteiger charge is -2.02. The van der Waals surface area contributed by atoms with Crippen LogP contribution < -0.4 is 5.32 Å². The van der Waals surface area contributed by atoms with Gasteiger partial charge in [-0.1, -0.05) is 11.8 Å². The molecule has 6 heteroatoms. The molecule has 2 aromatic rings. The first-order valence-corrected chi connectivity index (χ1v) is 7.32. The third kappa shape index (κ3) is 3.41. The molecule has 0 atom stereocenters. The first-order valence-electron chi connectivity index (χ1n) is 5.56. The monoisotopic (exact) mass is 292 g/mol. The standard InChI is InChI=1S/C13H12N2O2S2/c1-9-11(19-8-15-9)7-14-13(17)12-10(3-2-5-16)4-6-18-12/h4,6,8,16H,5,7H2,1H3,(H,14,17). The third-order valence-electron chi connectivity index (χ3n) is 2.43. The van der Waals surface area contributed by atoms with Gasteiger partial charge in [0.05, 0.1) is 17.7 Å². The van der Waals surface area contributed by atoms with Crippen LogP contribution in [-0.4, -0.2) is 22.6 Å². The summed E-state index contributed by atoms with van der Waals surface area (Å²) in [6, 6.07) is 1.78. The van der Waals surface area contributed by atoms with Crippen LogP contribution in [0.15, 0.2) is 17.0 Å². The molecule has 4 nitrogen and oxygen atoms in total. The molecule has 0 aliphatic heterocycles. The normalized spacial score (nSPS) is 9.79. The Hall–Kier alpha value is -1.68. The average Bonchev–Trinajstić information content (AvgIpc) is 3.02. The SMILES string of the molecule is Cc1ncsc1CNC(=O)c1sccc1C#CCO. The van der Waals surface area contributed by atoms with Crippen LogP contribution in [0.25, 0.3) is 0 Å². The second kappa shape index (κ2) is 6.48. The van der Waals surface area contributed by atoms with Crippen molar-refractivity contribution in [1.82, 2.24) is 10.3 Å². The molecule has 2 N–H and O–H groups in total. The highest BCUT2D eigenvalue weighted by Crippen LogP contribution is 2.17. The van der Waals surface area contributed by atoms with Crippen molar-refractivity contribution in [2.75, 3.05) is 6.61 Å². The maximum atomic E-state index is 12.0. The lowest BCUT2D eigenvalue weighted by atomic mass is 10.2. The van der Waals surface area contributed by atoms with Crippen LogP contribution in [0, 0.1) is 18.8 Å². The zero-order valence-corrected chi connectivity index (χ0v) is 11.9. The third-order valence-corrected chi connectivity index (χ3v) is 4.28. The van der Waals surface area contributed by atoms with Gasteiger partial charge in [0, 0.05) is 10.4 Å². The van der Waals surface area contributed by atoms with Crippen LogP contribution in [0.5, 0.6) is 0 Å². The van der Waals surface area contributed by atoms with Crippen LogP contribution in [0.1, 0.15) is 25.8 Å². The molecule has 0 aromatic carbocycles. The summed E-state index contributed by atoms with van der Waals surface area (Å²) in [5.74, 6) is 5.17. The van der Waals surface area contributed by atoms with Gasteiger partial charge in [-0.15, -0.1) is 22.7 Å². The minimum atomic E-state index is -0.211. The lowest BCUT2D eigenvalue weighted by molar-refractivity contribution is 0.0955. The smallest absolute Gasteiger partial charge is 0.262 e. The summed E-state index contributed by atoms with van der Waals surface area (Å²) < 4.78 is 0. The molecular formula is C13H12N2O2S2. The van der Waals surface area contributed by atoms with Crippen LogP contribution >= 0.6 is 22.7 Å². The molecule has 0 bridgehead atoms. The van der Waals surface area contributed by atoms with E-state index in [4.69, 9.17) is 5.11 Å². The maximum Gasteiger partial charge on any atom is 0.262 e. The molecule has 2 rings (SSSR count). The molecule has 0 fully saturated rings. The summed E-state index contributed by atoms with van der Waals surface area (Å²) in [4.78, 5) is 17.8. The summed E-state index contributed by atoms with van der Waals surface area (Å²) in [5.41, 5.74) is 3.36. The Morgan fingerprint density at radius 2 is 2.37 bits per heavy atom. The number of rotatable bonds is 3. The van der Waals surface area contributed by atoms with Crippen molar-refractivity contribution in [2.24, 2.45) is 0 Å². The molecule has 0 radical (unpaired) electrons. The van der Waals surface area contributed by atoms with Gasteiger partial charge in [0.25, 0.3) is 5.91 Å². The van der Waals surface area contributed by atoms with E-state index in [0.29, 0.717) is 17.0 Å². The van der Waals surface area contributed by atoms with Gasteiger partial charge in [-0.25, -0.2) is 4.98 Å². The molecular weight excluding hydrogens is 280 g/mol. The predicted octanol–water partition coefficient (Wildman–Crippen LogP) is 1.79. The zero-order valence-electron chi connectivity index (χ0n) is 10.3. The Morgan fingerprint density at radius 1 is 1.53 bits per heavy atom. The maximum absolute atomic E-state index is 12.0. The van der Waals surface area contributed by atoms with E-state index >= 15 is 0 Å². The highest BCUT2D eigenvalue weighted by atomic mass is 32.1. The molecule has 1 amide bonds. The molecule has 0 saturated carbocycles. The van der Waals surface area contributed by atoms with Crippen molar-refractivity contribution in [3.8, 4) is 11.8 Å². The molecule has 98 valence electrons. The summed E-state index contributed by atoms with van der Waals surface area (Å²) in [7, 11) is 0. The molecule has 0 spiro atoms. The lowest BCUT2D eigenvalue weighted by Crippen LogP contribution is -2.22. The second-order valence-corrected chi connectivity index (χ2v) is 5.52. The fourth-order valence-corrected chi connectivity index (χ4v) is 2.94. The van der Waals surface area contributed by atoms with Gasteiger partial charge in [-0.3, -0.25) is 4.79 Å². The van der Waals surface area contributed by atoms with Crippen molar-refractivity contribution in [3.05, 3.63) is 38.0 Å². The summed E-state index contributed by atoms with van der Waals surface area (Å²) in [6.07, 6.45) is 0. The Labute approximate surface area is 119 Å². The number of carbonyl (C=O) groups excluding carboxylic acids is 1.